The number of rotatable bonds is 9. The van der Waals surface area contributed by atoms with Gasteiger partial charge in [0.2, 0.25) is 5.62 Å². The highest BCUT2D eigenvalue weighted by Gasteiger charge is 2.21. The van der Waals surface area contributed by atoms with Crippen molar-refractivity contribution in [1.82, 2.24) is 14.1 Å². The molecular formula is C32H32N4O. The highest BCUT2D eigenvalue weighted by atomic mass is 16.1. The topological polar surface area (TPSA) is 63.7 Å². The predicted molar refractivity (Wildman–Crippen MR) is 148 cm³/mol. The SMILES string of the molecule is Cc1ccc(C[C@@H](CCC(=O)c2cccnc2)n2c(=N)n(Cc3ccc(C)cc3)c3ccccc32)cc1. The van der Waals surface area contributed by atoms with Gasteiger partial charge in [-0.25, -0.2) is 0 Å². The summed E-state index contributed by atoms with van der Waals surface area (Å²) in [6, 6.07) is 28.8. The van der Waals surface area contributed by atoms with Crippen LogP contribution in [-0.2, 0) is 13.0 Å². The smallest absolute Gasteiger partial charge is 0.203 e. The van der Waals surface area contributed by atoms with Gasteiger partial charge in [-0.2, -0.15) is 0 Å². The Hall–Kier alpha value is -4.25. The molecule has 1 N–H and O–H groups in total. The van der Waals surface area contributed by atoms with Gasteiger partial charge in [0.1, 0.15) is 0 Å². The van der Waals surface area contributed by atoms with Crippen molar-refractivity contribution in [2.24, 2.45) is 0 Å². The molecule has 0 saturated carbocycles. The first kappa shape index (κ1) is 24.4. The zero-order valence-electron chi connectivity index (χ0n) is 21.4. The fourth-order valence-electron chi connectivity index (χ4n) is 4.95. The molecule has 2 heterocycles. The Bertz CT molecular complexity index is 1560. The van der Waals surface area contributed by atoms with Gasteiger partial charge in [0.15, 0.2) is 5.78 Å². The summed E-state index contributed by atoms with van der Waals surface area (Å²) in [6.07, 6.45) is 5.09. The number of ketones is 1. The Morgan fingerprint density at radius 2 is 1.49 bits per heavy atom. The number of Topliss-reactive ketones (excluding diaryl/α,β-unsaturated/α-hetero) is 1. The van der Waals surface area contributed by atoms with Crippen molar-refractivity contribution in [3.05, 3.63) is 131 Å². The molecule has 0 saturated heterocycles. The molecule has 0 bridgehead atoms. The van der Waals surface area contributed by atoms with Crippen LogP contribution < -0.4 is 5.62 Å². The highest BCUT2D eigenvalue weighted by molar-refractivity contribution is 5.95. The van der Waals surface area contributed by atoms with Gasteiger partial charge in [-0.1, -0.05) is 71.8 Å². The normalized spacial score (nSPS) is 12.1. The molecule has 3 aromatic carbocycles. The van der Waals surface area contributed by atoms with Crippen LogP contribution in [0, 0.1) is 19.3 Å². The van der Waals surface area contributed by atoms with Crippen LogP contribution in [0.5, 0.6) is 0 Å². The minimum Gasteiger partial charge on any atom is -0.307 e. The van der Waals surface area contributed by atoms with Gasteiger partial charge < -0.3 is 9.13 Å². The highest BCUT2D eigenvalue weighted by Crippen LogP contribution is 2.26. The number of hydrogen-bond donors (Lipinski definition) is 1. The lowest BCUT2D eigenvalue weighted by atomic mass is 9.98. The summed E-state index contributed by atoms with van der Waals surface area (Å²) in [4.78, 5) is 17.1. The largest absolute Gasteiger partial charge is 0.307 e. The average Bonchev–Trinajstić information content (AvgIpc) is 3.20. The van der Waals surface area contributed by atoms with Crippen LogP contribution in [0.15, 0.2) is 97.3 Å². The molecule has 0 aliphatic rings. The molecule has 5 heteroatoms. The number of pyridine rings is 1. The molecule has 0 amide bonds. The Morgan fingerprint density at radius 1 is 0.838 bits per heavy atom. The van der Waals surface area contributed by atoms with E-state index in [1.807, 2.05) is 18.2 Å². The number of nitrogens with zero attached hydrogens (tertiary/aromatic N) is 3. The third-order valence-corrected chi connectivity index (χ3v) is 7.02. The molecule has 0 aliphatic carbocycles. The fourth-order valence-corrected chi connectivity index (χ4v) is 4.95. The first-order chi connectivity index (χ1) is 18.0. The third-order valence-electron chi connectivity index (χ3n) is 7.02. The molecule has 5 aromatic rings. The number of imidazole rings is 1. The molecule has 0 fully saturated rings. The maximum atomic E-state index is 13.0. The number of aromatic nitrogens is 3. The molecule has 0 aliphatic heterocycles. The second-order valence-electron chi connectivity index (χ2n) is 9.80. The van der Waals surface area contributed by atoms with Gasteiger partial charge in [0.05, 0.1) is 17.6 Å². The minimum atomic E-state index is -0.0417. The summed E-state index contributed by atoms with van der Waals surface area (Å²) in [5, 5.41) is 9.28. The first-order valence-electron chi connectivity index (χ1n) is 12.8. The quantitative estimate of drug-likeness (QED) is 0.243. The molecule has 186 valence electrons. The Kier molecular flexibility index (Phi) is 7.13. The zero-order chi connectivity index (χ0) is 25.8. The lowest BCUT2D eigenvalue weighted by molar-refractivity contribution is 0.0973. The number of benzene rings is 3. The number of aryl methyl sites for hydroxylation is 2. The summed E-state index contributed by atoms with van der Waals surface area (Å²) in [5.41, 5.74) is 7.93. The van der Waals surface area contributed by atoms with Crippen LogP contribution in [0.1, 0.15) is 51.5 Å². The van der Waals surface area contributed by atoms with Crippen molar-refractivity contribution >= 4 is 16.8 Å². The van der Waals surface area contributed by atoms with E-state index in [4.69, 9.17) is 0 Å². The van der Waals surface area contributed by atoms with Crippen LogP contribution in [0.25, 0.3) is 11.0 Å². The van der Waals surface area contributed by atoms with E-state index >= 15 is 0 Å². The van der Waals surface area contributed by atoms with E-state index in [2.05, 4.69) is 88.6 Å². The van der Waals surface area contributed by atoms with E-state index in [0.717, 1.165) is 23.0 Å². The summed E-state index contributed by atoms with van der Waals surface area (Å²) in [5.74, 6) is 0.0810. The molecular weight excluding hydrogens is 456 g/mol. The molecule has 0 spiro atoms. The monoisotopic (exact) mass is 488 g/mol. The second-order valence-corrected chi connectivity index (χ2v) is 9.80. The standard InChI is InChI=1S/C32H32N4O/c1-23-9-13-25(14-10-23)20-28(17-18-31(37)27-6-5-19-34-21-27)36-30-8-4-3-7-29(30)35(32(36)33)22-26-15-11-24(2)12-16-26/h3-16,19,21,28,33H,17-18,20,22H2,1-2H3/t28-/m1/s1. The second kappa shape index (κ2) is 10.8. The summed E-state index contributed by atoms with van der Waals surface area (Å²) in [6.45, 7) is 4.79. The van der Waals surface area contributed by atoms with Crippen molar-refractivity contribution in [2.45, 2.75) is 45.7 Å². The summed E-state index contributed by atoms with van der Waals surface area (Å²) in [7, 11) is 0. The van der Waals surface area contributed by atoms with E-state index in [1.54, 1.807) is 18.5 Å². The number of carbonyl (C=O) groups excluding carboxylic acids is 1. The Balaban J connectivity index is 1.54. The predicted octanol–water partition coefficient (Wildman–Crippen LogP) is 6.43. The number of nitrogens with one attached hydrogen (secondary N) is 1. The number of hydrogen-bond acceptors (Lipinski definition) is 3. The molecule has 0 radical (unpaired) electrons. The number of carbonyl (C=O) groups is 1. The van der Waals surface area contributed by atoms with Crippen LogP contribution in [0.4, 0.5) is 0 Å². The zero-order valence-corrected chi connectivity index (χ0v) is 21.4. The fraction of sp³-hybridized carbons (Fsp3) is 0.219. The van der Waals surface area contributed by atoms with Gasteiger partial charge in [-0.3, -0.25) is 15.2 Å². The molecule has 1 atom stereocenters. The van der Waals surface area contributed by atoms with E-state index in [-0.39, 0.29) is 11.8 Å². The van der Waals surface area contributed by atoms with Crippen molar-refractivity contribution in [2.75, 3.05) is 0 Å². The maximum Gasteiger partial charge on any atom is 0.203 e. The van der Waals surface area contributed by atoms with Crippen LogP contribution in [0.2, 0.25) is 0 Å². The van der Waals surface area contributed by atoms with Crippen molar-refractivity contribution < 1.29 is 4.79 Å². The summed E-state index contributed by atoms with van der Waals surface area (Å²) >= 11 is 0. The minimum absolute atomic E-state index is 0.0417. The number of fused-ring (bicyclic) bond motifs is 1. The lowest BCUT2D eigenvalue weighted by Gasteiger charge is -2.20. The Morgan fingerprint density at radius 3 is 2.14 bits per heavy atom. The van der Waals surface area contributed by atoms with E-state index < -0.39 is 0 Å². The third kappa shape index (κ3) is 5.46. The molecule has 37 heavy (non-hydrogen) atoms. The molecule has 5 nitrogen and oxygen atoms in total. The average molecular weight is 489 g/mol. The van der Waals surface area contributed by atoms with Crippen molar-refractivity contribution in [3.63, 3.8) is 0 Å². The van der Waals surface area contributed by atoms with Gasteiger partial charge in [-0.05, 0) is 62.1 Å². The van der Waals surface area contributed by atoms with Crippen LogP contribution in [0.3, 0.4) is 0 Å². The molecule has 5 rings (SSSR count). The van der Waals surface area contributed by atoms with E-state index in [1.165, 1.54) is 16.7 Å². The molecule has 2 aromatic heterocycles. The van der Waals surface area contributed by atoms with Crippen LogP contribution >= 0.6 is 0 Å². The molecule has 0 unspecified atom stereocenters. The Labute approximate surface area is 217 Å². The summed E-state index contributed by atoms with van der Waals surface area (Å²) < 4.78 is 4.20. The van der Waals surface area contributed by atoms with Crippen molar-refractivity contribution in [3.8, 4) is 0 Å². The van der Waals surface area contributed by atoms with E-state index in [0.29, 0.717) is 30.6 Å². The van der Waals surface area contributed by atoms with Crippen LogP contribution in [-0.4, -0.2) is 19.9 Å². The van der Waals surface area contributed by atoms with Gasteiger partial charge >= 0.3 is 0 Å². The van der Waals surface area contributed by atoms with Gasteiger partial charge in [-0.15, -0.1) is 0 Å². The maximum absolute atomic E-state index is 13.0. The van der Waals surface area contributed by atoms with Gasteiger partial charge in [0.25, 0.3) is 0 Å². The number of para-hydroxylation sites is 2. The van der Waals surface area contributed by atoms with Gasteiger partial charge in [0, 0.05) is 30.4 Å². The first-order valence-corrected chi connectivity index (χ1v) is 12.8. The van der Waals surface area contributed by atoms with E-state index in [9.17, 15) is 10.2 Å². The van der Waals surface area contributed by atoms with Crippen molar-refractivity contribution in [1.29, 1.82) is 5.41 Å². The lowest BCUT2D eigenvalue weighted by Crippen LogP contribution is -2.29.